The smallest absolute Gasteiger partial charge is 0.216 e. The van der Waals surface area contributed by atoms with Crippen molar-refractivity contribution in [2.24, 2.45) is 5.92 Å². The van der Waals surface area contributed by atoms with Crippen LogP contribution in [-0.4, -0.2) is 33.5 Å². The second kappa shape index (κ2) is 5.30. The topological polar surface area (TPSA) is 113 Å². The zero-order valence-corrected chi connectivity index (χ0v) is 13.9. The van der Waals surface area contributed by atoms with Crippen molar-refractivity contribution in [1.29, 1.82) is 5.26 Å². The summed E-state index contributed by atoms with van der Waals surface area (Å²) in [6, 6.07) is 3.77. The lowest BCUT2D eigenvalue weighted by molar-refractivity contribution is 0.387. The van der Waals surface area contributed by atoms with Crippen LogP contribution >= 0.6 is 0 Å². The average molecular weight is 322 g/mol. The molecule has 0 saturated carbocycles. The van der Waals surface area contributed by atoms with Gasteiger partial charge in [-0.25, -0.2) is 17.9 Å². The highest BCUT2D eigenvalue weighted by Crippen LogP contribution is 2.19. The summed E-state index contributed by atoms with van der Waals surface area (Å²) >= 11 is 0. The molecule has 0 aliphatic carbocycles. The Labute approximate surface area is 129 Å². The molecule has 2 heterocycles. The number of aryl methyl sites for hydroxylation is 2. The summed E-state index contributed by atoms with van der Waals surface area (Å²) < 4.78 is 28.6. The molecule has 0 amide bonds. The fourth-order valence-corrected chi connectivity index (χ4v) is 3.18. The van der Waals surface area contributed by atoms with Crippen molar-refractivity contribution in [1.82, 2.24) is 24.3 Å². The predicted molar refractivity (Wildman–Crippen MR) is 79.4 cm³/mol. The van der Waals surface area contributed by atoms with Crippen molar-refractivity contribution in [3.63, 3.8) is 0 Å². The predicted octanol–water partition coefficient (Wildman–Crippen LogP) is 0.958. The second-order valence-corrected chi connectivity index (χ2v) is 7.30. The molecule has 9 heteroatoms. The van der Waals surface area contributed by atoms with Gasteiger partial charge in [0.2, 0.25) is 0 Å². The van der Waals surface area contributed by atoms with Crippen LogP contribution in [0.2, 0.25) is 0 Å². The maximum atomic E-state index is 12.4. The van der Waals surface area contributed by atoms with Gasteiger partial charge in [-0.2, -0.15) is 15.0 Å². The zero-order valence-electron chi connectivity index (χ0n) is 13.1. The van der Waals surface area contributed by atoms with Crippen LogP contribution in [0.25, 0.3) is 5.78 Å². The van der Waals surface area contributed by atoms with Gasteiger partial charge < -0.3 is 0 Å². The third-order valence-corrected chi connectivity index (χ3v) is 4.92. The lowest BCUT2D eigenvalue weighted by Crippen LogP contribution is -2.48. The minimum absolute atomic E-state index is 0.209. The minimum Gasteiger partial charge on any atom is -0.216 e. The molecule has 0 spiro atoms. The molecule has 118 valence electrons. The molecule has 0 radical (unpaired) electrons. The van der Waals surface area contributed by atoms with Gasteiger partial charge in [-0.15, -0.1) is 5.10 Å². The maximum absolute atomic E-state index is 12.4. The Hall–Kier alpha value is -2.05. The molecule has 0 saturated heterocycles. The van der Waals surface area contributed by atoms with Crippen molar-refractivity contribution in [3.05, 3.63) is 17.5 Å². The number of sulfonamides is 1. The third-order valence-electron chi connectivity index (χ3n) is 3.57. The zero-order chi connectivity index (χ0) is 16.7. The molecule has 0 aliphatic heterocycles. The largest absolute Gasteiger partial charge is 0.284 e. The van der Waals surface area contributed by atoms with E-state index in [1.165, 1.54) is 11.4 Å². The molecular weight excluding hydrogens is 304 g/mol. The van der Waals surface area contributed by atoms with Crippen LogP contribution in [-0.2, 0) is 10.0 Å². The Morgan fingerprint density at radius 3 is 2.55 bits per heavy atom. The van der Waals surface area contributed by atoms with Gasteiger partial charge in [-0.1, -0.05) is 13.8 Å². The molecule has 0 fully saturated rings. The van der Waals surface area contributed by atoms with Crippen LogP contribution < -0.4 is 4.72 Å². The van der Waals surface area contributed by atoms with Gasteiger partial charge in [0.05, 0.1) is 6.07 Å². The van der Waals surface area contributed by atoms with Crippen LogP contribution in [0.4, 0.5) is 0 Å². The Morgan fingerprint density at radius 2 is 2.00 bits per heavy atom. The molecule has 0 aromatic carbocycles. The first-order valence-electron chi connectivity index (χ1n) is 6.75. The molecule has 1 N–H and O–H groups in total. The van der Waals surface area contributed by atoms with Crippen molar-refractivity contribution in [3.8, 4) is 6.07 Å². The van der Waals surface area contributed by atoms with Crippen LogP contribution in [0.15, 0.2) is 11.2 Å². The van der Waals surface area contributed by atoms with E-state index in [-0.39, 0.29) is 11.7 Å². The first kappa shape index (κ1) is 16.3. The summed E-state index contributed by atoms with van der Waals surface area (Å²) in [5, 5.41) is 12.8. The highest BCUT2D eigenvalue weighted by atomic mass is 32.2. The highest BCUT2D eigenvalue weighted by molar-refractivity contribution is 7.89. The molecule has 1 atom stereocenters. The average Bonchev–Trinajstić information content (AvgIpc) is 2.82. The van der Waals surface area contributed by atoms with E-state index in [0.717, 1.165) is 11.4 Å². The van der Waals surface area contributed by atoms with Crippen molar-refractivity contribution >= 4 is 15.8 Å². The van der Waals surface area contributed by atoms with E-state index in [4.69, 9.17) is 0 Å². The molecule has 2 aromatic rings. The third kappa shape index (κ3) is 2.80. The number of fused-ring (bicyclic) bond motifs is 1. The minimum atomic E-state index is -4.02. The molecule has 1 unspecified atom stereocenters. The fourth-order valence-electron chi connectivity index (χ4n) is 1.86. The van der Waals surface area contributed by atoms with Gasteiger partial charge >= 0.3 is 0 Å². The molecule has 2 aromatic heterocycles. The van der Waals surface area contributed by atoms with E-state index < -0.39 is 20.7 Å². The van der Waals surface area contributed by atoms with Crippen molar-refractivity contribution < 1.29 is 8.42 Å². The Kier molecular flexibility index (Phi) is 3.93. The molecule has 8 nitrogen and oxygen atoms in total. The summed E-state index contributed by atoms with van der Waals surface area (Å²) in [4.78, 5) is 8.12. The van der Waals surface area contributed by atoms with E-state index in [9.17, 15) is 13.7 Å². The highest BCUT2D eigenvalue weighted by Gasteiger charge is 2.36. The first-order valence-corrected chi connectivity index (χ1v) is 8.23. The normalized spacial score (nSPS) is 15.0. The van der Waals surface area contributed by atoms with E-state index >= 15 is 0 Å². The fraction of sp³-hybridized carbons (Fsp3) is 0.538. The van der Waals surface area contributed by atoms with Crippen LogP contribution in [0.3, 0.4) is 0 Å². The van der Waals surface area contributed by atoms with Crippen molar-refractivity contribution in [2.45, 2.75) is 45.3 Å². The van der Waals surface area contributed by atoms with Gasteiger partial charge in [0.1, 0.15) is 5.54 Å². The van der Waals surface area contributed by atoms with Gasteiger partial charge in [-0.05, 0) is 32.8 Å². The molecule has 2 rings (SSSR count). The summed E-state index contributed by atoms with van der Waals surface area (Å²) in [6.45, 7) is 8.63. The number of hydrogen-bond acceptors (Lipinski definition) is 6. The molecule has 0 aliphatic rings. The summed E-state index contributed by atoms with van der Waals surface area (Å²) in [6.07, 6.45) is 0. The van der Waals surface area contributed by atoms with Gasteiger partial charge in [-0.3, -0.25) is 0 Å². The number of hydrogen-bond donors (Lipinski definition) is 1. The number of aromatic nitrogens is 4. The monoisotopic (exact) mass is 322 g/mol. The number of nitrogens with one attached hydrogen (secondary N) is 1. The van der Waals surface area contributed by atoms with Crippen molar-refractivity contribution in [2.75, 3.05) is 0 Å². The first-order chi connectivity index (χ1) is 10.1. The van der Waals surface area contributed by atoms with Gasteiger partial charge in [0.15, 0.2) is 0 Å². The summed E-state index contributed by atoms with van der Waals surface area (Å²) in [5.74, 6) is -0.00695. The number of rotatable bonds is 4. The molecular formula is C13H18N6O2S. The Balaban J connectivity index is 2.51. The lowest BCUT2D eigenvalue weighted by Gasteiger charge is -2.25. The lowest BCUT2D eigenvalue weighted by atomic mass is 9.92. The van der Waals surface area contributed by atoms with Gasteiger partial charge in [0, 0.05) is 11.4 Å². The summed E-state index contributed by atoms with van der Waals surface area (Å²) in [5.41, 5.74) is 0.205. The quantitative estimate of drug-likeness (QED) is 0.897. The van der Waals surface area contributed by atoms with E-state index in [1.807, 2.05) is 6.07 Å². The number of nitrogens with zero attached hydrogens (tertiary/aromatic N) is 5. The SMILES string of the molecule is Cc1cc(C)n2nc(S(=O)(=O)NC(C)(C#N)C(C)C)nc2n1. The summed E-state index contributed by atoms with van der Waals surface area (Å²) in [7, 11) is -4.02. The maximum Gasteiger partial charge on any atom is 0.284 e. The molecule has 22 heavy (non-hydrogen) atoms. The van der Waals surface area contributed by atoms with Gasteiger partial charge in [0.25, 0.3) is 21.0 Å². The van der Waals surface area contributed by atoms with Crippen LogP contribution in [0.5, 0.6) is 0 Å². The number of nitriles is 1. The van der Waals surface area contributed by atoms with Crippen LogP contribution in [0, 0.1) is 31.1 Å². The molecule has 0 bridgehead atoms. The van der Waals surface area contributed by atoms with E-state index in [0.29, 0.717) is 0 Å². The Morgan fingerprint density at radius 1 is 1.36 bits per heavy atom. The standard InChI is InChI=1S/C13H18N6O2S/c1-8(2)13(5,7-14)18-22(20,21)12-16-11-15-9(3)6-10(4)19(11)17-12/h6,8,18H,1-5H3. The van der Waals surface area contributed by atoms with E-state index in [1.54, 1.807) is 33.8 Å². The Bertz CT molecular complexity index is 865. The second-order valence-electron chi connectivity index (χ2n) is 5.72. The van der Waals surface area contributed by atoms with E-state index in [2.05, 4.69) is 19.8 Å². The van der Waals surface area contributed by atoms with Crippen LogP contribution in [0.1, 0.15) is 32.2 Å².